The van der Waals surface area contributed by atoms with Gasteiger partial charge in [-0.05, 0) is 36.1 Å². The second kappa shape index (κ2) is 10.2. The quantitative estimate of drug-likeness (QED) is 0.592. The Kier molecular flexibility index (Phi) is 6.94. The van der Waals surface area contributed by atoms with Crippen LogP contribution in [0, 0.1) is 11.7 Å². The fourth-order valence-corrected chi connectivity index (χ4v) is 3.99. The van der Waals surface area contributed by atoms with Crippen molar-refractivity contribution in [2.24, 2.45) is 5.92 Å². The summed E-state index contributed by atoms with van der Waals surface area (Å²) in [6.45, 7) is 1.97. The third-order valence-corrected chi connectivity index (χ3v) is 5.77. The smallest absolute Gasteiger partial charge is 0.225 e. The SMILES string of the molecule is O=C(NCc1cnn(Cc2ccccc2)c1)C1CCC(=O)N(CCc2cccc(F)c2)C1. The molecule has 2 amide bonds. The van der Waals surface area contributed by atoms with E-state index in [1.807, 2.05) is 47.3 Å². The van der Waals surface area contributed by atoms with Crippen molar-refractivity contribution in [2.45, 2.75) is 32.4 Å². The van der Waals surface area contributed by atoms with Gasteiger partial charge in [0.15, 0.2) is 0 Å². The zero-order valence-corrected chi connectivity index (χ0v) is 17.9. The molecule has 1 saturated heterocycles. The predicted molar refractivity (Wildman–Crippen MR) is 119 cm³/mol. The molecule has 1 atom stereocenters. The Hall–Kier alpha value is -3.48. The lowest BCUT2D eigenvalue weighted by Gasteiger charge is -2.32. The number of rotatable bonds is 8. The van der Waals surface area contributed by atoms with E-state index in [1.165, 1.54) is 12.1 Å². The van der Waals surface area contributed by atoms with E-state index in [0.29, 0.717) is 45.4 Å². The van der Waals surface area contributed by atoms with Crippen molar-refractivity contribution in [1.29, 1.82) is 0 Å². The van der Waals surface area contributed by atoms with Gasteiger partial charge < -0.3 is 10.2 Å². The summed E-state index contributed by atoms with van der Waals surface area (Å²) in [6.07, 6.45) is 5.17. The molecule has 32 heavy (non-hydrogen) atoms. The van der Waals surface area contributed by atoms with E-state index in [0.717, 1.165) is 16.7 Å². The highest BCUT2D eigenvalue weighted by molar-refractivity contribution is 5.83. The highest BCUT2D eigenvalue weighted by Crippen LogP contribution is 2.19. The molecule has 1 N–H and O–H groups in total. The monoisotopic (exact) mass is 434 g/mol. The van der Waals surface area contributed by atoms with Crippen molar-refractivity contribution in [1.82, 2.24) is 20.0 Å². The van der Waals surface area contributed by atoms with Crippen LogP contribution in [0.3, 0.4) is 0 Å². The molecule has 6 nitrogen and oxygen atoms in total. The number of piperidine rings is 1. The Balaban J connectivity index is 1.26. The number of aromatic nitrogens is 2. The number of likely N-dealkylation sites (tertiary alicyclic amines) is 1. The summed E-state index contributed by atoms with van der Waals surface area (Å²) in [4.78, 5) is 26.7. The fraction of sp³-hybridized carbons (Fsp3) is 0.320. The summed E-state index contributed by atoms with van der Waals surface area (Å²) < 4.78 is 15.2. The number of nitrogens with zero attached hydrogens (tertiary/aromatic N) is 3. The molecule has 1 unspecified atom stereocenters. The average Bonchev–Trinajstić information content (AvgIpc) is 3.25. The summed E-state index contributed by atoms with van der Waals surface area (Å²) in [5.74, 6) is -0.520. The number of benzene rings is 2. The molecule has 1 aliphatic rings. The van der Waals surface area contributed by atoms with Gasteiger partial charge in [0.1, 0.15) is 5.82 Å². The number of nitrogens with one attached hydrogen (secondary N) is 1. The van der Waals surface area contributed by atoms with Crippen molar-refractivity contribution in [3.8, 4) is 0 Å². The van der Waals surface area contributed by atoms with E-state index in [2.05, 4.69) is 10.4 Å². The molecule has 0 radical (unpaired) electrons. The summed E-state index contributed by atoms with van der Waals surface area (Å²) in [7, 11) is 0. The van der Waals surface area contributed by atoms with Gasteiger partial charge in [-0.25, -0.2) is 4.39 Å². The minimum atomic E-state index is -0.281. The van der Waals surface area contributed by atoms with Crippen LogP contribution >= 0.6 is 0 Å². The first-order valence-electron chi connectivity index (χ1n) is 10.9. The maximum absolute atomic E-state index is 13.4. The van der Waals surface area contributed by atoms with Crippen molar-refractivity contribution in [3.05, 3.63) is 89.5 Å². The highest BCUT2D eigenvalue weighted by atomic mass is 19.1. The second-order valence-corrected chi connectivity index (χ2v) is 8.20. The lowest BCUT2D eigenvalue weighted by Crippen LogP contribution is -2.46. The minimum absolute atomic E-state index is 0.0487. The number of hydrogen-bond acceptors (Lipinski definition) is 3. The Bertz CT molecular complexity index is 1070. The van der Waals surface area contributed by atoms with Crippen molar-refractivity contribution < 1.29 is 14.0 Å². The average molecular weight is 435 g/mol. The molecule has 2 aromatic carbocycles. The van der Waals surface area contributed by atoms with Gasteiger partial charge in [0.05, 0.1) is 18.7 Å². The summed E-state index contributed by atoms with van der Waals surface area (Å²) in [5, 5.41) is 7.35. The lowest BCUT2D eigenvalue weighted by atomic mass is 9.96. The molecule has 166 valence electrons. The molecular weight excluding hydrogens is 407 g/mol. The van der Waals surface area contributed by atoms with Gasteiger partial charge in [-0.2, -0.15) is 5.10 Å². The van der Waals surface area contributed by atoms with Crippen LogP contribution in [0.1, 0.15) is 29.5 Å². The van der Waals surface area contributed by atoms with Crippen LogP contribution in [0.5, 0.6) is 0 Å². The van der Waals surface area contributed by atoms with Crippen LogP contribution in [-0.2, 0) is 29.1 Å². The molecule has 2 heterocycles. The largest absolute Gasteiger partial charge is 0.352 e. The van der Waals surface area contributed by atoms with Crippen molar-refractivity contribution in [2.75, 3.05) is 13.1 Å². The van der Waals surface area contributed by atoms with Gasteiger partial charge in [-0.1, -0.05) is 42.5 Å². The molecule has 1 aliphatic heterocycles. The number of hydrogen-bond donors (Lipinski definition) is 1. The van der Waals surface area contributed by atoms with Crippen molar-refractivity contribution in [3.63, 3.8) is 0 Å². The zero-order chi connectivity index (χ0) is 22.3. The van der Waals surface area contributed by atoms with Crippen LogP contribution in [0.15, 0.2) is 67.0 Å². The Morgan fingerprint density at radius 1 is 1.09 bits per heavy atom. The molecule has 1 aromatic heterocycles. The molecular formula is C25H27FN4O2. The molecule has 0 aliphatic carbocycles. The molecule has 1 fully saturated rings. The van der Waals surface area contributed by atoms with Gasteiger partial charge in [0, 0.05) is 37.8 Å². The number of halogens is 1. The van der Waals surface area contributed by atoms with Gasteiger partial charge in [-0.15, -0.1) is 0 Å². The Morgan fingerprint density at radius 3 is 2.72 bits per heavy atom. The molecule has 3 aromatic rings. The first-order chi connectivity index (χ1) is 15.6. The van der Waals surface area contributed by atoms with Gasteiger partial charge in [0.25, 0.3) is 0 Å². The van der Waals surface area contributed by atoms with Crippen LogP contribution in [-0.4, -0.2) is 39.6 Å². The van der Waals surface area contributed by atoms with E-state index in [9.17, 15) is 14.0 Å². The minimum Gasteiger partial charge on any atom is -0.352 e. The predicted octanol–water partition coefficient (Wildman–Crippen LogP) is 3.17. The van der Waals surface area contributed by atoms with E-state index in [-0.39, 0.29) is 23.5 Å². The first kappa shape index (κ1) is 21.7. The third-order valence-electron chi connectivity index (χ3n) is 5.77. The molecule has 0 spiro atoms. The zero-order valence-electron chi connectivity index (χ0n) is 17.9. The molecule has 4 rings (SSSR count). The topological polar surface area (TPSA) is 67.2 Å². The summed E-state index contributed by atoms with van der Waals surface area (Å²) >= 11 is 0. The first-order valence-corrected chi connectivity index (χ1v) is 10.9. The van der Waals surface area contributed by atoms with E-state index >= 15 is 0 Å². The maximum Gasteiger partial charge on any atom is 0.225 e. The highest BCUT2D eigenvalue weighted by Gasteiger charge is 2.29. The summed E-state index contributed by atoms with van der Waals surface area (Å²) in [6, 6.07) is 16.5. The normalized spacial score (nSPS) is 16.2. The fourth-order valence-electron chi connectivity index (χ4n) is 3.99. The van der Waals surface area contributed by atoms with Gasteiger partial charge in [-0.3, -0.25) is 14.3 Å². The van der Waals surface area contributed by atoms with Crippen LogP contribution in [0.25, 0.3) is 0 Å². The van der Waals surface area contributed by atoms with Crippen molar-refractivity contribution >= 4 is 11.8 Å². The standard InChI is InChI=1S/C25H27FN4O2/c26-23-8-4-7-19(13-23)11-12-29-18-22(9-10-24(29)31)25(32)27-14-21-15-28-30(17-21)16-20-5-2-1-3-6-20/h1-8,13,15,17,22H,9-12,14,16,18H2,(H,27,32). The van der Waals surface area contributed by atoms with E-state index in [1.54, 1.807) is 17.2 Å². The maximum atomic E-state index is 13.4. The molecule has 7 heteroatoms. The van der Waals surface area contributed by atoms with Crippen LogP contribution < -0.4 is 5.32 Å². The lowest BCUT2D eigenvalue weighted by molar-refractivity contribution is -0.138. The number of amides is 2. The third kappa shape index (κ3) is 5.81. The van der Waals surface area contributed by atoms with Gasteiger partial charge in [0.2, 0.25) is 11.8 Å². The number of carbonyl (C=O) groups is 2. The van der Waals surface area contributed by atoms with Crippen LogP contribution in [0.2, 0.25) is 0 Å². The Labute approximate surface area is 187 Å². The van der Waals surface area contributed by atoms with E-state index < -0.39 is 0 Å². The molecule has 0 saturated carbocycles. The van der Waals surface area contributed by atoms with Gasteiger partial charge >= 0.3 is 0 Å². The molecule has 0 bridgehead atoms. The van der Waals surface area contributed by atoms with Crippen LogP contribution in [0.4, 0.5) is 4.39 Å². The summed E-state index contributed by atoms with van der Waals surface area (Å²) in [5.41, 5.74) is 2.94. The van der Waals surface area contributed by atoms with E-state index in [4.69, 9.17) is 0 Å². The Morgan fingerprint density at radius 2 is 1.91 bits per heavy atom. The number of carbonyl (C=O) groups excluding carboxylic acids is 2. The second-order valence-electron chi connectivity index (χ2n) is 8.20.